The zero-order valence-electron chi connectivity index (χ0n) is 11.9. The number of nitrogens with one attached hydrogen (secondary N) is 1. The third-order valence-electron chi connectivity index (χ3n) is 3.55. The molecule has 1 aliphatic rings. The monoisotopic (exact) mass is 264 g/mol. The van der Waals surface area contributed by atoms with Crippen LogP contribution in [0.25, 0.3) is 0 Å². The van der Waals surface area contributed by atoms with E-state index in [0.29, 0.717) is 5.92 Å². The molecule has 1 aliphatic heterocycles. The van der Waals surface area contributed by atoms with Crippen LogP contribution in [0.5, 0.6) is 0 Å². The SMILES string of the molecule is CCCNc1cc(N2CCC(COC)CC2)ncn1. The van der Waals surface area contributed by atoms with Crippen molar-refractivity contribution in [3.8, 4) is 0 Å². The second-order valence-electron chi connectivity index (χ2n) is 5.07. The zero-order chi connectivity index (χ0) is 13.5. The maximum Gasteiger partial charge on any atom is 0.134 e. The highest BCUT2D eigenvalue weighted by molar-refractivity contribution is 5.48. The number of nitrogens with zero attached hydrogens (tertiary/aromatic N) is 3. The number of aromatic nitrogens is 2. The Bertz CT molecular complexity index is 377. The summed E-state index contributed by atoms with van der Waals surface area (Å²) in [6, 6.07) is 2.05. The number of hydrogen-bond donors (Lipinski definition) is 1. The van der Waals surface area contributed by atoms with Crippen LogP contribution in [0, 0.1) is 5.92 Å². The molecule has 2 heterocycles. The van der Waals surface area contributed by atoms with Gasteiger partial charge < -0.3 is 15.0 Å². The standard InChI is InChI=1S/C14H24N4O/c1-3-6-15-13-9-14(17-11-16-13)18-7-4-12(5-8-18)10-19-2/h9,11-12H,3-8,10H2,1-2H3,(H,15,16,17). The van der Waals surface area contributed by atoms with Crippen LogP contribution in [0.2, 0.25) is 0 Å². The minimum atomic E-state index is 0.695. The summed E-state index contributed by atoms with van der Waals surface area (Å²) in [5, 5.41) is 3.31. The van der Waals surface area contributed by atoms with Crippen molar-refractivity contribution in [2.75, 3.05) is 43.6 Å². The summed E-state index contributed by atoms with van der Waals surface area (Å²) in [6.07, 6.45) is 5.10. The maximum atomic E-state index is 5.23. The predicted molar refractivity (Wildman–Crippen MR) is 77.6 cm³/mol. The summed E-state index contributed by atoms with van der Waals surface area (Å²) in [5.41, 5.74) is 0. The summed E-state index contributed by atoms with van der Waals surface area (Å²) in [7, 11) is 1.78. The van der Waals surface area contributed by atoms with Gasteiger partial charge in [0.25, 0.3) is 0 Å². The fourth-order valence-corrected chi connectivity index (χ4v) is 2.43. The van der Waals surface area contributed by atoms with Gasteiger partial charge in [0.05, 0.1) is 0 Å². The Morgan fingerprint density at radius 2 is 2.16 bits per heavy atom. The summed E-state index contributed by atoms with van der Waals surface area (Å²) >= 11 is 0. The number of methoxy groups -OCH3 is 1. The number of anilines is 2. The highest BCUT2D eigenvalue weighted by Gasteiger charge is 2.20. The van der Waals surface area contributed by atoms with E-state index in [4.69, 9.17) is 4.74 Å². The molecule has 1 N–H and O–H groups in total. The van der Waals surface area contributed by atoms with E-state index in [-0.39, 0.29) is 0 Å². The lowest BCUT2D eigenvalue weighted by Gasteiger charge is -2.32. The lowest BCUT2D eigenvalue weighted by molar-refractivity contribution is 0.139. The van der Waals surface area contributed by atoms with Gasteiger partial charge in [0, 0.05) is 39.4 Å². The fraction of sp³-hybridized carbons (Fsp3) is 0.714. The van der Waals surface area contributed by atoms with Gasteiger partial charge in [0.15, 0.2) is 0 Å². The molecule has 19 heavy (non-hydrogen) atoms. The zero-order valence-corrected chi connectivity index (χ0v) is 11.9. The number of hydrogen-bond acceptors (Lipinski definition) is 5. The fourth-order valence-electron chi connectivity index (χ4n) is 2.43. The van der Waals surface area contributed by atoms with Gasteiger partial charge >= 0.3 is 0 Å². The first-order valence-corrected chi connectivity index (χ1v) is 7.13. The van der Waals surface area contributed by atoms with Gasteiger partial charge in [0.2, 0.25) is 0 Å². The van der Waals surface area contributed by atoms with E-state index in [1.165, 1.54) is 12.8 Å². The topological polar surface area (TPSA) is 50.3 Å². The van der Waals surface area contributed by atoms with Gasteiger partial charge in [0.1, 0.15) is 18.0 Å². The minimum Gasteiger partial charge on any atom is -0.384 e. The molecule has 5 heteroatoms. The average molecular weight is 264 g/mol. The maximum absolute atomic E-state index is 5.23. The van der Waals surface area contributed by atoms with Crippen LogP contribution in [0.1, 0.15) is 26.2 Å². The molecule has 0 aliphatic carbocycles. The molecule has 0 aromatic carbocycles. The Labute approximate surface area is 115 Å². The van der Waals surface area contributed by atoms with Gasteiger partial charge in [-0.25, -0.2) is 9.97 Å². The van der Waals surface area contributed by atoms with Crippen LogP contribution >= 0.6 is 0 Å². The molecule has 1 aromatic rings. The number of rotatable bonds is 6. The number of ether oxygens (including phenoxy) is 1. The first-order valence-electron chi connectivity index (χ1n) is 7.13. The predicted octanol–water partition coefficient (Wildman–Crippen LogP) is 2.16. The Morgan fingerprint density at radius 1 is 1.37 bits per heavy atom. The van der Waals surface area contributed by atoms with E-state index in [0.717, 1.165) is 44.3 Å². The van der Waals surface area contributed by atoms with E-state index in [1.807, 2.05) is 6.07 Å². The molecular weight excluding hydrogens is 240 g/mol. The van der Waals surface area contributed by atoms with Crippen molar-refractivity contribution in [1.29, 1.82) is 0 Å². The molecule has 0 bridgehead atoms. The molecule has 1 fully saturated rings. The summed E-state index contributed by atoms with van der Waals surface area (Å²) < 4.78 is 5.23. The van der Waals surface area contributed by atoms with E-state index < -0.39 is 0 Å². The second-order valence-corrected chi connectivity index (χ2v) is 5.07. The molecule has 0 spiro atoms. The Kier molecular flexibility index (Phi) is 5.39. The van der Waals surface area contributed by atoms with E-state index >= 15 is 0 Å². The largest absolute Gasteiger partial charge is 0.384 e. The average Bonchev–Trinajstić information content (AvgIpc) is 2.46. The van der Waals surface area contributed by atoms with Crippen LogP contribution in [-0.4, -0.2) is 43.3 Å². The van der Waals surface area contributed by atoms with Crippen LogP contribution in [0.4, 0.5) is 11.6 Å². The molecular formula is C14H24N4O. The van der Waals surface area contributed by atoms with Gasteiger partial charge in [-0.2, -0.15) is 0 Å². The third kappa shape index (κ3) is 4.06. The van der Waals surface area contributed by atoms with Crippen LogP contribution in [0.15, 0.2) is 12.4 Å². The van der Waals surface area contributed by atoms with Gasteiger partial charge in [-0.05, 0) is 25.2 Å². The molecule has 0 amide bonds. The van der Waals surface area contributed by atoms with Crippen molar-refractivity contribution in [2.45, 2.75) is 26.2 Å². The quantitative estimate of drug-likeness (QED) is 0.853. The molecule has 0 saturated carbocycles. The molecule has 0 unspecified atom stereocenters. The lowest BCUT2D eigenvalue weighted by atomic mass is 9.98. The number of piperidine rings is 1. The molecule has 1 aromatic heterocycles. The molecule has 0 radical (unpaired) electrons. The van der Waals surface area contributed by atoms with Crippen LogP contribution in [0.3, 0.4) is 0 Å². The van der Waals surface area contributed by atoms with Crippen LogP contribution in [-0.2, 0) is 4.74 Å². The normalized spacial score (nSPS) is 16.6. The third-order valence-corrected chi connectivity index (χ3v) is 3.55. The van der Waals surface area contributed by atoms with Crippen molar-refractivity contribution in [2.24, 2.45) is 5.92 Å². The molecule has 106 valence electrons. The first kappa shape index (κ1) is 14.1. The van der Waals surface area contributed by atoms with E-state index in [2.05, 4.69) is 27.1 Å². The van der Waals surface area contributed by atoms with Gasteiger partial charge in [-0.1, -0.05) is 6.92 Å². The van der Waals surface area contributed by atoms with Gasteiger partial charge in [-0.3, -0.25) is 0 Å². The molecule has 0 atom stereocenters. The lowest BCUT2D eigenvalue weighted by Crippen LogP contribution is -2.35. The van der Waals surface area contributed by atoms with Crippen molar-refractivity contribution in [3.63, 3.8) is 0 Å². The van der Waals surface area contributed by atoms with Crippen molar-refractivity contribution in [1.82, 2.24) is 9.97 Å². The Hall–Kier alpha value is -1.36. The molecule has 5 nitrogen and oxygen atoms in total. The summed E-state index contributed by atoms with van der Waals surface area (Å²) in [4.78, 5) is 11.0. The van der Waals surface area contributed by atoms with E-state index in [1.54, 1.807) is 13.4 Å². The van der Waals surface area contributed by atoms with Crippen molar-refractivity contribution < 1.29 is 4.74 Å². The smallest absolute Gasteiger partial charge is 0.134 e. The summed E-state index contributed by atoms with van der Waals surface area (Å²) in [6.45, 7) is 6.08. The second kappa shape index (κ2) is 7.28. The summed E-state index contributed by atoms with van der Waals surface area (Å²) in [5.74, 6) is 2.65. The van der Waals surface area contributed by atoms with E-state index in [9.17, 15) is 0 Å². The highest BCUT2D eigenvalue weighted by atomic mass is 16.5. The molecule has 2 rings (SSSR count). The van der Waals surface area contributed by atoms with Crippen LogP contribution < -0.4 is 10.2 Å². The first-order chi connectivity index (χ1) is 9.33. The van der Waals surface area contributed by atoms with Gasteiger partial charge in [-0.15, -0.1) is 0 Å². The Balaban J connectivity index is 1.91. The van der Waals surface area contributed by atoms with Crippen molar-refractivity contribution >= 4 is 11.6 Å². The Morgan fingerprint density at radius 3 is 2.84 bits per heavy atom. The molecule has 1 saturated heterocycles. The minimum absolute atomic E-state index is 0.695. The van der Waals surface area contributed by atoms with Crippen molar-refractivity contribution in [3.05, 3.63) is 12.4 Å². The highest BCUT2D eigenvalue weighted by Crippen LogP contribution is 2.22.